The first kappa shape index (κ1) is 9.70. The highest BCUT2D eigenvalue weighted by atomic mass is 19.3. The smallest absolute Gasteiger partial charge is 0.268 e. The molecule has 70 valence electrons. The van der Waals surface area contributed by atoms with Gasteiger partial charge in [0.05, 0.1) is 5.56 Å². The first-order valence-electron chi connectivity index (χ1n) is 3.46. The molecule has 1 aromatic rings. The minimum absolute atomic E-state index is 0.151. The van der Waals surface area contributed by atoms with Crippen molar-refractivity contribution in [3.05, 3.63) is 28.8 Å². The summed E-state index contributed by atoms with van der Waals surface area (Å²) in [7, 11) is 0. The number of nitrogens with zero attached hydrogens (tertiary/aromatic N) is 1. The molecule has 0 saturated carbocycles. The van der Waals surface area contributed by atoms with Crippen LogP contribution >= 0.6 is 0 Å². The Morgan fingerprint density at radius 3 is 2.62 bits per heavy atom. The number of carbonyl (C=O) groups is 1. The quantitative estimate of drug-likeness (QED) is 0.527. The van der Waals surface area contributed by atoms with Crippen molar-refractivity contribution < 1.29 is 18.0 Å². The second kappa shape index (κ2) is 3.55. The van der Waals surface area contributed by atoms with E-state index in [1.807, 2.05) is 0 Å². The molecule has 0 aliphatic heterocycles. The molecule has 2 nitrogen and oxygen atoms in total. The van der Waals surface area contributed by atoms with Crippen LogP contribution in [0.2, 0.25) is 0 Å². The predicted octanol–water partition coefficient (Wildman–Crippen LogP) is 2.28. The van der Waals surface area contributed by atoms with E-state index >= 15 is 0 Å². The zero-order valence-corrected chi connectivity index (χ0v) is 6.72. The number of halogens is 3. The van der Waals surface area contributed by atoms with Crippen LogP contribution in [-0.2, 0) is 0 Å². The van der Waals surface area contributed by atoms with Crippen molar-refractivity contribution in [3.63, 3.8) is 0 Å². The van der Waals surface area contributed by atoms with Crippen LogP contribution < -0.4 is 0 Å². The molecule has 0 bridgehead atoms. The topological polar surface area (TPSA) is 30.0 Å². The summed E-state index contributed by atoms with van der Waals surface area (Å²) < 4.78 is 36.9. The summed E-state index contributed by atoms with van der Waals surface area (Å²) in [5.74, 6) is -1.29. The van der Waals surface area contributed by atoms with Crippen molar-refractivity contribution in [3.8, 4) is 0 Å². The number of aromatic nitrogens is 1. The summed E-state index contributed by atoms with van der Waals surface area (Å²) >= 11 is 0. The molecule has 0 atom stereocenters. The number of aryl methyl sites for hydroxylation is 1. The normalized spacial score (nSPS) is 10.5. The Balaban J connectivity index is 3.28. The molecule has 1 heterocycles. The average Bonchev–Trinajstić information content (AvgIpc) is 2.07. The standard InChI is InChI=1S/C8H6F3NO/c1-4-2-5(7(9)10)8(11)12-6(4)3-13/h2-3,7H,1H3. The monoisotopic (exact) mass is 189 g/mol. The van der Waals surface area contributed by atoms with E-state index < -0.39 is 17.9 Å². The summed E-state index contributed by atoms with van der Waals surface area (Å²) in [5.41, 5.74) is -0.684. The Morgan fingerprint density at radius 2 is 2.15 bits per heavy atom. The molecule has 0 aliphatic carbocycles. The molecule has 0 N–H and O–H groups in total. The van der Waals surface area contributed by atoms with E-state index in [1.165, 1.54) is 6.92 Å². The van der Waals surface area contributed by atoms with Gasteiger partial charge < -0.3 is 0 Å². The highest BCUT2D eigenvalue weighted by Gasteiger charge is 2.16. The minimum atomic E-state index is -2.91. The fourth-order valence-corrected chi connectivity index (χ4v) is 0.898. The lowest BCUT2D eigenvalue weighted by Crippen LogP contribution is -2.01. The SMILES string of the molecule is Cc1cc(C(F)F)c(F)nc1C=O. The summed E-state index contributed by atoms with van der Waals surface area (Å²) in [5, 5.41) is 0. The summed E-state index contributed by atoms with van der Waals surface area (Å²) in [6, 6.07) is 0.927. The maximum absolute atomic E-state index is 12.7. The van der Waals surface area contributed by atoms with Crippen LogP contribution in [0.3, 0.4) is 0 Å². The second-order valence-corrected chi connectivity index (χ2v) is 2.49. The maximum atomic E-state index is 12.7. The molecular weight excluding hydrogens is 183 g/mol. The highest BCUT2D eigenvalue weighted by molar-refractivity contribution is 5.74. The Bertz CT molecular complexity index is 338. The van der Waals surface area contributed by atoms with Crippen LogP contribution in [-0.4, -0.2) is 11.3 Å². The van der Waals surface area contributed by atoms with E-state index in [1.54, 1.807) is 0 Å². The van der Waals surface area contributed by atoms with Crippen LogP contribution in [0.5, 0.6) is 0 Å². The lowest BCUT2D eigenvalue weighted by molar-refractivity contribution is 0.111. The van der Waals surface area contributed by atoms with Crippen LogP contribution in [0, 0.1) is 12.9 Å². The van der Waals surface area contributed by atoms with E-state index in [9.17, 15) is 18.0 Å². The number of hydrogen-bond donors (Lipinski definition) is 0. The highest BCUT2D eigenvalue weighted by Crippen LogP contribution is 2.22. The average molecular weight is 189 g/mol. The molecule has 0 aliphatic rings. The second-order valence-electron chi connectivity index (χ2n) is 2.49. The fraction of sp³-hybridized carbons (Fsp3) is 0.250. The van der Waals surface area contributed by atoms with E-state index in [0.717, 1.165) is 6.07 Å². The Morgan fingerprint density at radius 1 is 1.54 bits per heavy atom. The number of alkyl halides is 2. The van der Waals surface area contributed by atoms with Gasteiger partial charge in [-0.05, 0) is 18.6 Å². The van der Waals surface area contributed by atoms with Crippen LogP contribution in [0.1, 0.15) is 28.0 Å². The number of carbonyl (C=O) groups excluding carboxylic acids is 1. The Kier molecular flexibility index (Phi) is 2.65. The van der Waals surface area contributed by atoms with Gasteiger partial charge in [-0.15, -0.1) is 0 Å². The molecular formula is C8H6F3NO. The van der Waals surface area contributed by atoms with Crippen molar-refractivity contribution in [2.75, 3.05) is 0 Å². The molecule has 0 unspecified atom stereocenters. The van der Waals surface area contributed by atoms with Gasteiger partial charge in [0.25, 0.3) is 6.43 Å². The Hall–Kier alpha value is -1.39. The van der Waals surface area contributed by atoms with Gasteiger partial charge in [-0.3, -0.25) is 4.79 Å². The van der Waals surface area contributed by atoms with Crippen molar-refractivity contribution in [1.82, 2.24) is 4.98 Å². The van der Waals surface area contributed by atoms with E-state index in [-0.39, 0.29) is 11.3 Å². The predicted molar refractivity (Wildman–Crippen MR) is 39.3 cm³/mol. The molecule has 0 fully saturated rings. The molecule has 0 radical (unpaired) electrons. The summed E-state index contributed by atoms with van der Waals surface area (Å²) in [6.07, 6.45) is -2.58. The molecule has 0 spiro atoms. The number of aldehydes is 1. The number of hydrogen-bond acceptors (Lipinski definition) is 2. The number of pyridine rings is 1. The van der Waals surface area contributed by atoms with Crippen molar-refractivity contribution in [2.45, 2.75) is 13.3 Å². The minimum Gasteiger partial charge on any atom is -0.296 e. The van der Waals surface area contributed by atoms with Gasteiger partial charge in [-0.2, -0.15) is 4.39 Å². The third kappa shape index (κ3) is 1.85. The van der Waals surface area contributed by atoms with Crippen molar-refractivity contribution in [2.24, 2.45) is 0 Å². The maximum Gasteiger partial charge on any atom is 0.268 e. The van der Waals surface area contributed by atoms with Crippen molar-refractivity contribution >= 4 is 6.29 Å². The van der Waals surface area contributed by atoms with Crippen molar-refractivity contribution in [1.29, 1.82) is 0 Å². The lowest BCUT2D eigenvalue weighted by Gasteiger charge is -2.03. The lowest BCUT2D eigenvalue weighted by atomic mass is 10.1. The summed E-state index contributed by atoms with van der Waals surface area (Å²) in [4.78, 5) is 13.3. The van der Waals surface area contributed by atoms with Gasteiger partial charge in [0.1, 0.15) is 5.69 Å². The molecule has 13 heavy (non-hydrogen) atoms. The largest absolute Gasteiger partial charge is 0.296 e. The van der Waals surface area contributed by atoms with Gasteiger partial charge in [0.15, 0.2) is 6.29 Å². The van der Waals surface area contributed by atoms with Gasteiger partial charge in [0.2, 0.25) is 5.95 Å². The molecule has 1 aromatic heterocycles. The first-order chi connectivity index (χ1) is 6.06. The van der Waals surface area contributed by atoms with Gasteiger partial charge in [-0.25, -0.2) is 13.8 Å². The molecule has 0 amide bonds. The zero-order valence-electron chi connectivity index (χ0n) is 6.72. The zero-order chi connectivity index (χ0) is 10.0. The molecule has 5 heteroatoms. The molecule has 0 aromatic carbocycles. The molecule has 0 saturated heterocycles. The third-order valence-electron chi connectivity index (χ3n) is 1.58. The van der Waals surface area contributed by atoms with Gasteiger partial charge in [0, 0.05) is 0 Å². The number of rotatable bonds is 2. The van der Waals surface area contributed by atoms with E-state index in [4.69, 9.17) is 0 Å². The van der Waals surface area contributed by atoms with E-state index in [0.29, 0.717) is 6.29 Å². The van der Waals surface area contributed by atoms with Crippen LogP contribution in [0.25, 0.3) is 0 Å². The Labute approximate surface area is 72.4 Å². The fourth-order valence-electron chi connectivity index (χ4n) is 0.898. The van der Waals surface area contributed by atoms with Crippen LogP contribution in [0.15, 0.2) is 6.07 Å². The summed E-state index contributed by atoms with van der Waals surface area (Å²) in [6.45, 7) is 1.42. The van der Waals surface area contributed by atoms with Gasteiger partial charge in [-0.1, -0.05) is 0 Å². The van der Waals surface area contributed by atoms with E-state index in [2.05, 4.69) is 4.98 Å². The third-order valence-corrected chi connectivity index (χ3v) is 1.58. The molecule has 1 rings (SSSR count). The first-order valence-corrected chi connectivity index (χ1v) is 3.46. The van der Waals surface area contributed by atoms with Crippen LogP contribution in [0.4, 0.5) is 13.2 Å². The van der Waals surface area contributed by atoms with Gasteiger partial charge >= 0.3 is 0 Å².